The molecular weight excluding hydrogens is 242 g/mol. The lowest BCUT2D eigenvalue weighted by atomic mass is 9.68. The largest absolute Gasteiger partial charge is 0.341 e. The first-order valence-corrected chi connectivity index (χ1v) is 7.40. The number of rotatable bonds is 3. The van der Waals surface area contributed by atoms with Crippen LogP contribution in [0, 0.1) is 5.41 Å². The summed E-state index contributed by atoms with van der Waals surface area (Å²) in [5.41, 5.74) is 5.51. The van der Waals surface area contributed by atoms with Crippen molar-refractivity contribution in [2.45, 2.75) is 39.0 Å². The van der Waals surface area contributed by atoms with E-state index in [1.807, 2.05) is 16.7 Å². The van der Waals surface area contributed by atoms with Gasteiger partial charge < -0.3 is 15.5 Å². The van der Waals surface area contributed by atoms with Gasteiger partial charge in [0, 0.05) is 39.1 Å². The third-order valence-corrected chi connectivity index (χ3v) is 4.59. The summed E-state index contributed by atoms with van der Waals surface area (Å²) < 4.78 is 0. The van der Waals surface area contributed by atoms with Crippen molar-refractivity contribution in [3.63, 3.8) is 0 Å². The van der Waals surface area contributed by atoms with E-state index in [0.29, 0.717) is 26.1 Å². The summed E-state index contributed by atoms with van der Waals surface area (Å²) in [5.74, 6) is 0.401. The van der Waals surface area contributed by atoms with Crippen LogP contribution in [-0.4, -0.2) is 54.3 Å². The van der Waals surface area contributed by atoms with Gasteiger partial charge in [-0.1, -0.05) is 13.3 Å². The lowest BCUT2D eigenvalue weighted by molar-refractivity contribution is -0.146. The van der Waals surface area contributed by atoms with E-state index in [1.165, 1.54) is 0 Å². The summed E-state index contributed by atoms with van der Waals surface area (Å²) in [6.45, 7) is 5.19. The normalized spacial score (nSPS) is 22.6. The number of carbonyl (C=O) groups excluding carboxylic acids is 2. The molecule has 0 aromatic rings. The van der Waals surface area contributed by atoms with E-state index in [4.69, 9.17) is 5.73 Å². The maximum absolute atomic E-state index is 12.6. The molecule has 1 saturated carbocycles. The average Bonchev–Trinajstić information content (AvgIpc) is 2.62. The molecule has 2 rings (SSSR count). The third-order valence-electron chi connectivity index (χ3n) is 4.59. The first kappa shape index (κ1) is 14.3. The highest BCUT2D eigenvalue weighted by atomic mass is 16.2. The summed E-state index contributed by atoms with van der Waals surface area (Å²) in [6.07, 6.45) is 4.38. The lowest BCUT2D eigenvalue weighted by Gasteiger charge is -2.42. The third kappa shape index (κ3) is 2.76. The molecule has 1 aliphatic carbocycles. The van der Waals surface area contributed by atoms with Gasteiger partial charge in [-0.3, -0.25) is 9.59 Å². The summed E-state index contributed by atoms with van der Waals surface area (Å²) >= 11 is 0. The molecule has 19 heavy (non-hydrogen) atoms. The Balaban J connectivity index is 1.95. The van der Waals surface area contributed by atoms with Gasteiger partial charge in [0.1, 0.15) is 0 Å². The zero-order valence-electron chi connectivity index (χ0n) is 11.9. The predicted octanol–water partition coefficient (Wildman–Crippen LogP) is 0.586. The van der Waals surface area contributed by atoms with Crippen LogP contribution in [0.1, 0.15) is 39.0 Å². The molecule has 2 amide bonds. The molecule has 0 spiro atoms. The first-order valence-electron chi connectivity index (χ1n) is 7.40. The fourth-order valence-electron chi connectivity index (χ4n) is 3.04. The molecule has 1 heterocycles. The second kappa shape index (κ2) is 5.90. The van der Waals surface area contributed by atoms with Gasteiger partial charge in [0.05, 0.1) is 5.41 Å². The number of hydrogen-bond donors (Lipinski definition) is 1. The van der Waals surface area contributed by atoms with Crippen LogP contribution in [-0.2, 0) is 9.59 Å². The molecule has 0 aromatic carbocycles. The molecule has 0 bridgehead atoms. The lowest BCUT2D eigenvalue weighted by Crippen LogP contribution is -2.52. The van der Waals surface area contributed by atoms with E-state index in [-0.39, 0.29) is 17.2 Å². The van der Waals surface area contributed by atoms with Crippen molar-refractivity contribution in [2.75, 3.05) is 32.7 Å². The molecule has 2 N–H and O–H groups in total. The average molecular weight is 267 g/mol. The number of hydrogen-bond acceptors (Lipinski definition) is 3. The van der Waals surface area contributed by atoms with E-state index in [0.717, 1.165) is 38.8 Å². The Morgan fingerprint density at radius 2 is 1.68 bits per heavy atom. The van der Waals surface area contributed by atoms with E-state index in [1.54, 1.807) is 0 Å². The molecule has 0 atom stereocenters. The van der Waals surface area contributed by atoms with Crippen LogP contribution >= 0.6 is 0 Å². The van der Waals surface area contributed by atoms with Gasteiger partial charge in [0.2, 0.25) is 11.8 Å². The number of carbonyl (C=O) groups is 2. The zero-order valence-corrected chi connectivity index (χ0v) is 11.9. The van der Waals surface area contributed by atoms with Gasteiger partial charge in [-0.05, 0) is 19.3 Å². The SMILES string of the molecule is CCC(=O)N1CCCN(C(=O)C2(CN)CCC2)CC1. The van der Waals surface area contributed by atoms with Crippen LogP contribution in [0.15, 0.2) is 0 Å². The van der Waals surface area contributed by atoms with Crippen molar-refractivity contribution < 1.29 is 9.59 Å². The summed E-state index contributed by atoms with van der Waals surface area (Å²) in [5, 5.41) is 0. The standard InChI is InChI=1S/C14H25N3O2/c1-2-12(18)16-7-4-8-17(10-9-16)13(19)14(11-15)5-3-6-14/h2-11,15H2,1H3. The van der Waals surface area contributed by atoms with Crippen LogP contribution in [0.25, 0.3) is 0 Å². The highest BCUT2D eigenvalue weighted by Gasteiger charge is 2.45. The number of nitrogens with zero attached hydrogens (tertiary/aromatic N) is 2. The maximum atomic E-state index is 12.6. The molecular formula is C14H25N3O2. The Hall–Kier alpha value is -1.10. The van der Waals surface area contributed by atoms with Gasteiger partial charge in [0.15, 0.2) is 0 Å². The van der Waals surface area contributed by atoms with Gasteiger partial charge in [-0.15, -0.1) is 0 Å². The number of amides is 2. The molecule has 108 valence electrons. The zero-order chi connectivity index (χ0) is 13.9. The maximum Gasteiger partial charge on any atom is 0.230 e. The summed E-state index contributed by atoms with van der Waals surface area (Å²) in [6, 6.07) is 0. The van der Waals surface area contributed by atoms with Gasteiger partial charge >= 0.3 is 0 Å². The smallest absolute Gasteiger partial charge is 0.230 e. The van der Waals surface area contributed by atoms with Crippen LogP contribution < -0.4 is 5.73 Å². The van der Waals surface area contributed by atoms with Crippen molar-refractivity contribution in [1.29, 1.82) is 0 Å². The van der Waals surface area contributed by atoms with Crippen molar-refractivity contribution in [3.8, 4) is 0 Å². The van der Waals surface area contributed by atoms with E-state index in [2.05, 4.69) is 0 Å². The fourth-order valence-corrected chi connectivity index (χ4v) is 3.04. The van der Waals surface area contributed by atoms with Crippen LogP contribution in [0.5, 0.6) is 0 Å². The molecule has 1 aliphatic heterocycles. The minimum Gasteiger partial charge on any atom is -0.341 e. The van der Waals surface area contributed by atoms with Gasteiger partial charge in [0.25, 0.3) is 0 Å². The first-order chi connectivity index (χ1) is 9.13. The van der Waals surface area contributed by atoms with Crippen LogP contribution in [0.2, 0.25) is 0 Å². The molecule has 5 heteroatoms. The van der Waals surface area contributed by atoms with Crippen molar-refractivity contribution >= 4 is 11.8 Å². The highest BCUT2D eigenvalue weighted by Crippen LogP contribution is 2.41. The Morgan fingerprint density at radius 1 is 1.05 bits per heavy atom. The molecule has 2 aliphatic rings. The monoisotopic (exact) mass is 267 g/mol. The summed E-state index contributed by atoms with van der Waals surface area (Å²) in [4.78, 5) is 28.1. The molecule has 5 nitrogen and oxygen atoms in total. The van der Waals surface area contributed by atoms with Gasteiger partial charge in [-0.25, -0.2) is 0 Å². The minimum absolute atomic E-state index is 0.187. The Morgan fingerprint density at radius 3 is 2.21 bits per heavy atom. The van der Waals surface area contributed by atoms with E-state index in [9.17, 15) is 9.59 Å². The fraction of sp³-hybridized carbons (Fsp3) is 0.857. The van der Waals surface area contributed by atoms with Crippen molar-refractivity contribution in [2.24, 2.45) is 11.1 Å². The van der Waals surface area contributed by atoms with Gasteiger partial charge in [-0.2, -0.15) is 0 Å². The highest BCUT2D eigenvalue weighted by molar-refractivity contribution is 5.84. The Bertz CT molecular complexity index is 347. The molecule has 0 aromatic heterocycles. The summed E-state index contributed by atoms with van der Waals surface area (Å²) in [7, 11) is 0. The minimum atomic E-state index is -0.288. The Labute approximate surface area is 115 Å². The molecule has 0 radical (unpaired) electrons. The Kier molecular flexibility index (Phi) is 4.45. The van der Waals surface area contributed by atoms with Crippen molar-refractivity contribution in [3.05, 3.63) is 0 Å². The molecule has 0 unspecified atom stereocenters. The van der Waals surface area contributed by atoms with E-state index < -0.39 is 0 Å². The topological polar surface area (TPSA) is 66.6 Å². The van der Waals surface area contributed by atoms with Crippen LogP contribution in [0.3, 0.4) is 0 Å². The van der Waals surface area contributed by atoms with E-state index >= 15 is 0 Å². The predicted molar refractivity (Wildman–Crippen MR) is 73.4 cm³/mol. The molecule has 2 fully saturated rings. The van der Waals surface area contributed by atoms with Crippen LogP contribution in [0.4, 0.5) is 0 Å². The second-order valence-corrected chi connectivity index (χ2v) is 5.72. The molecule has 1 saturated heterocycles. The second-order valence-electron chi connectivity index (χ2n) is 5.72. The number of nitrogens with two attached hydrogens (primary N) is 1. The quantitative estimate of drug-likeness (QED) is 0.813. The van der Waals surface area contributed by atoms with Crippen molar-refractivity contribution in [1.82, 2.24) is 9.80 Å².